The number of hydrogen-bond acceptors (Lipinski definition) is 6. The molecule has 2 aliphatic rings. The van der Waals surface area contributed by atoms with Gasteiger partial charge in [0, 0.05) is 37.1 Å². The second-order valence-corrected chi connectivity index (χ2v) is 6.66. The maximum atomic E-state index is 12.4. The monoisotopic (exact) mass is 310 g/mol. The Morgan fingerprint density at radius 1 is 1.33 bits per heavy atom. The van der Waals surface area contributed by atoms with Crippen molar-refractivity contribution in [3.8, 4) is 0 Å². The number of rotatable bonds is 3. The largest absolute Gasteiger partial charge is 0.365 e. The van der Waals surface area contributed by atoms with Gasteiger partial charge in [0.15, 0.2) is 6.10 Å². The summed E-state index contributed by atoms with van der Waals surface area (Å²) >= 11 is 1.41. The Morgan fingerprint density at radius 3 is 2.76 bits per heavy atom. The van der Waals surface area contributed by atoms with Crippen molar-refractivity contribution in [2.45, 2.75) is 38.7 Å². The molecular formula is C14H22N4O2S. The molecule has 116 valence electrons. The van der Waals surface area contributed by atoms with Crippen molar-refractivity contribution in [1.82, 2.24) is 14.3 Å². The zero-order chi connectivity index (χ0) is 14.8. The molecule has 0 N–H and O–H groups in total. The Morgan fingerprint density at radius 2 is 2.10 bits per heavy atom. The quantitative estimate of drug-likeness (QED) is 0.846. The third-order valence-corrected chi connectivity index (χ3v) is 4.77. The number of hydrogen-bond donors (Lipinski definition) is 0. The van der Waals surface area contributed by atoms with Gasteiger partial charge in [-0.25, -0.2) is 4.98 Å². The Kier molecular flexibility index (Phi) is 4.40. The highest BCUT2D eigenvalue weighted by Gasteiger charge is 2.32. The first-order valence-corrected chi connectivity index (χ1v) is 8.41. The summed E-state index contributed by atoms with van der Waals surface area (Å²) in [6, 6.07) is 0. The SMILES string of the molecule is CC(C)c1nsc(N2CCOC(C(=O)N3CCCC3)C2)n1. The van der Waals surface area contributed by atoms with Crippen LogP contribution < -0.4 is 4.90 Å². The summed E-state index contributed by atoms with van der Waals surface area (Å²) < 4.78 is 10.1. The van der Waals surface area contributed by atoms with Gasteiger partial charge in [-0.15, -0.1) is 0 Å². The first-order valence-electron chi connectivity index (χ1n) is 7.64. The number of carbonyl (C=O) groups excluding carboxylic acids is 1. The van der Waals surface area contributed by atoms with Crippen LogP contribution >= 0.6 is 11.5 Å². The highest BCUT2D eigenvalue weighted by Crippen LogP contribution is 2.24. The van der Waals surface area contributed by atoms with E-state index >= 15 is 0 Å². The van der Waals surface area contributed by atoms with Gasteiger partial charge in [0.25, 0.3) is 5.91 Å². The van der Waals surface area contributed by atoms with Crippen molar-refractivity contribution >= 4 is 22.6 Å². The fraction of sp³-hybridized carbons (Fsp3) is 0.786. The third kappa shape index (κ3) is 3.18. The van der Waals surface area contributed by atoms with Crippen LogP contribution in [0.15, 0.2) is 0 Å². The summed E-state index contributed by atoms with van der Waals surface area (Å²) in [5, 5.41) is 0.904. The number of amides is 1. The molecule has 0 aromatic carbocycles. The van der Waals surface area contributed by atoms with Crippen molar-refractivity contribution < 1.29 is 9.53 Å². The summed E-state index contributed by atoms with van der Waals surface area (Å²) in [6.45, 7) is 7.85. The molecule has 6 nitrogen and oxygen atoms in total. The van der Waals surface area contributed by atoms with Crippen molar-refractivity contribution in [2.24, 2.45) is 0 Å². The summed E-state index contributed by atoms with van der Waals surface area (Å²) in [6.07, 6.45) is 1.86. The van der Waals surface area contributed by atoms with Gasteiger partial charge in [-0.3, -0.25) is 4.79 Å². The van der Waals surface area contributed by atoms with Crippen LogP contribution in [0.5, 0.6) is 0 Å². The summed E-state index contributed by atoms with van der Waals surface area (Å²) in [5.74, 6) is 1.34. The van der Waals surface area contributed by atoms with E-state index in [1.807, 2.05) is 4.90 Å². The molecule has 1 atom stereocenters. The molecule has 2 aliphatic heterocycles. The average Bonchev–Trinajstić information content (AvgIpc) is 3.18. The lowest BCUT2D eigenvalue weighted by molar-refractivity contribution is -0.143. The molecule has 1 aromatic rings. The lowest BCUT2D eigenvalue weighted by Crippen LogP contribution is -2.50. The van der Waals surface area contributed by atoms with Crippen LogP contribution in [0, 0.1) is 0 Å². The van der Waals surface area contributed by atoms with Gasteiger partial charge in [0.05, 0.1) is 13.2 Å². The number of carbonyl (C=O) groups is 1. The van der Waals surface area contributed by atoms with Crippen LogP contribution in [0.25, 0.3) is 0 Å². The van der Waals surface area contributed by atoms with Gasteiger partial charge in [-0.05, 0) is 12.8 Å². The molecule has 7 heteroatoms. The molecule has 2 fully saturated rings. The first kappa shape index (κ1) is 14.7. The summed E-state index contributed by atoms with van der Waals surface area (Å²) in [7, 11) is 0. The van der Waals surface area contributed by atoms with Crippen LogP contribution in [0.2, 0.25) is 0 Å². The van der Waals surface area contributed by atoms with Crippen LogP contribution in [-0.4, -0.2) is 59.1 Å². The number of likely N-dealkylation sites (tertiary alicyclic amines) is 1. The van der Waals surface area contributed by atoms with Gasteiger partial charge in [0.2, 0.25) is 5.13 Å². The molecule has 1 aromatic heterocycles. The van der Waals surface area contributed by atoms with Crippen LogP contribution in [0.1, 0.15) is 38.4 Å². The van der Waals surface area contributed by atoms with Crippen LogP contribution in [0.3, 0.4) is 0 Å². The normalized spacial score (nSPS) is 23.1. The smallest absolute Gasteiger partial charge is 0.253 e. The zero-order valence-electron chi connectivity index (χ0n) is 12.6. The first-order chi connectivity index (χ1) is 10.1. The third-order valence-electron chi connectivity index (χ3n) is 3.98. The minimum Gasteiger partial charge on any atom is -0.365 e. The second-order valence-electron chi connectivity index (χ2n) is 5.93. The molecule has 21 heavy (non-hydrogen) atoms. The van der Waals surface area contributed by atoms with Crippen molar-refractivity contribution in [3.63, 3.8) is 0 Å². The van der Waals surface area contributed by atoms with E-state index in [4.69, 9.17) is 4.74 Å². The number of anilines is 1. The van der Waals surface area contributed by atoms with Gasteiger partial charge < -0.3 is 14.5 Å². The molecule has 2 saturated heterocycles. The maximum absolute atomic E-state index is 12.4. The van der Waals surface area contributed by atoms with Gasteiger partial charge in [-0.2, -0.15) is 4.37 Å². The molecule has 0 bridgehead atoms. The van der Waals surface area contributed by atoms with E-state index in [0.717, 1.165) is 43.4 Å². The Hall–Kier alpha value is -1.21. The second kappa shape index (κ2) is 6.27. The predicted molar refractivity (Wildman–Crippen MR) is 81.8 cm³/mol. The Balaban J connectivity index is 1.65. The number of aromatic nitrogens is 2. The maximum Gasteiger partial charge on any atom is 0.253 e. The molecule has 0 saturated carbocycles. The molecule has 0 aliphatic carbocycles. The van der Waals surface area contributed by atoms with E-state index in [0.29, 0.717) is 19.1 Å². The molecule has 3 heterocycles. The molecule has 0 radical (unpaired) electrons. The van der Waals surface area contributed by atoms with Crippen LogP contribution in [-0.2, 0) is 9.53 Å². The number of ether oxygens (including phenoxy) is 1. The average molecular weight is 310 g/mol. The highest BCUT2D eigenvalue weighted by atomic mass is 32.1. The van der Waals surface area contributed by atoms with Crippen molar-refractivity contribution in [3.05, 3.63) is 5.82 Å². The van der Waals surface area contributed by atoms with E-state index in [-0.39, 0.29) is 12.0 Å². The fourth-order valence-electron chi connectivity index (χ4n) is 2.70. The lowest BCUT2D eigenvalue weighted by Gasteiger charge is -2.33. The minimum absolute atomic E-state index is 0.130. The standard InChI is InChI=1S/C14H22N4O2S/c1-10(2)12-15-14(21-16-12)18-7-8-20-11(9-18)13(19)17-5-3-4-6-17/h10-11H,3-9H2,1-2H3. The van der Waals surface area contributed by atoms with E-state index in [2.05, 4.69) is 28.1 Å². The molecule has 1 amide bonds. The van der Waals surface area contributed by atoms with E-state index in [9.17, 15) is 4.79 Å². The molecular weight excluding hydrogens is 288 g/mol. The minimum atomic E-state index is -0.358. The van der Waals surface area contributed by atoms with Gasteiger partial charge in [-0.1, -0.05) is 13.8 Å². The fourth-order valence-corrected chi connectivity index (χ4v) is 3.55. The van der Waals surface area contributed by atoms with Crippen molar-refractivity contribution in [2.75, 3.05) is 37.7 Å². The molecule has 1 unspecified atom stereocenters. The van der Waals surface area contributed by atoms with E-state index < -0.39 is 0 Å². The Labute approximate surface area is 129 Å². The topological polar surface area (TPSA) is 58.6 Å². The molecule has 0 spiro atoms. The van der Waals surface area contributed by atoms with E-state index in [1.165, 1.54) is 11.5 Å². The predicted octanol–water partition coefficient (Wildman–Crippen LogP) is 1.49. The summed E-state index contributed by atoms with van der Waals surface area (Å²) in [5.41, 5.74) is 0. The Bertz CT molecular complexity index is 499. The highest BCUT2D eigenvalue weighted by molar-refractivity contribution is 7.09. The van der Waals surface area contributed by atoms with Crippen LogP contribution in [0.4, 0.5) is 5.13 Å². The lowest BCUT2D eigenvalue weighted by atomic mass is 10.2. The molecule has 3 rings (SSSR count). The van der Waals surface area contributed by atoms with Gasteiger partial charge in [0.1, 0.15) is 5.82 Å². The van der Waals surface area contributed by atoms with Gasteiger partial charge >= 0.3 is 0 Å². The zero-order valence-corrected chi connectivity index (χ0v) is 13.4. The number of nitrogens with zero attached hydrogens (tertiary/aromatic N) is 4. The number of morpholine rings is 1. The summed E-state index contributed by atoms with van der Waals surface area (Å²) in [4.78, 5) is 21.1. The van der Waals surface area contributed by atoms with Crippen molar-refractivity contribution in [1.29, 1.82) is 0 Å². The van der Waals surface area contributed by atoms with E-state index in [1.54, 1.807) is 0 Å².